The maximum atomic E-state index is 12.1. The average Bonchev–Trinajstić information content (AvgIpc) is 2.76. The number of rotatable bonds is 6. The molecule has 102 valence electrons. The summed E-state index contributed by atoms with van der Waals surface area (Å²) in [4.78, 5) is 10.9. The Labute approximate surface area is 115 Å². The van der Waals surface area contributed by atoms with Gasteiger partial charge in [0.2, 0.25) is 0 Å². The van der Waals surface area contributed by atoms with E-state index in [0.717, 1.165) is 11.3 Å². The Morgan fingerprint density at radius 1 is 1.50 bits per heavy atom. The van der Waals surface area contributed by atoms with E-state index in [1.807, 2.05) is 0 Å². The first-order valence-corrected chi connectivity index (χ1v) is 7.80. The summed E-state index contributed by atoms with van der Waals surface area (Å²) < 4.78 is 30.4. The van der Waals surface area contributed by atoms with Crippen LogP contribution < -0.4 is 0 Å². The number of thiophene rings is 1. The van der Waals surface area contributed by atoms with E-state index in [9.17, 15) is 13.2 Å². The topological polar surface area (TPSA) is 63.7 Å². The quantitative estimate of drug-likeness (QED) is 0.754. The van der Waals surface area contributed by atoms with Crippen molar-refractivity contribution in [2.75, 3.05) is 20.7 Å². The Hall–Kier alpha value is -0.630. The molecule has 1 heterocycles. The van der Waals surface area contributed by atoms with Gasteiger partial charge in [-0.1, -0.05) is 11.6 Å². The number of carbonyl (C=O) groups excluding carboxylic acids is 1. The van der Waals surface area contributed by atoms with E-state index in [1.54, 1.807) is 6.07 Å². The van der Waals surface area contributed by atoms with Gasteiger partial charge in [0.05, 0.1) is 11.4 Å². The highest BCUT2D eigenvalue weighted by molar-refractivity contribution is 7.91. The van der Waals surface area contributed by atoms with Crippen molar-refractivity contribution < 1.29 is 17.9 Å². The second kappa shape index (κ2) is 6.51. The minimum absolute atomic E-state index is 0.196. The van der Waals surface area contributed by atoms with E-state index in [0.29, 0.717) is 10.8 Å². The number of carbonyl (C=O) groups is 1. The first kappa shape index (κ1) is 15.4. The fourth-order valence-corrected chi connectivity index (χ4v) is 4.16. The summed E-state index contributed by atoms with van der Waals surface area (Å²) in [6.07, 6.45) is 0.614. The first-order valence-electron chi connectivity index (χ1n) is 5.16. The summed E-state index contributed by atoms with van der Waals surface area (Å²) in [7, 11) is -0.733. The van der Waals surface area contributed by atoms with Crippen LogP contribution in [0.15, 0.2) is 16.3 Å². The molecule has 8 heteroatoms. The molecule has 18 heavy (non-hydrogen) atoms. The normalized spacial score (nSPS) is 11.8. The van der Waals surface area contributed by atoms with Crippen LogP contribution in [-0.4, -0.2) is 39.4 Å². The molecule has 1 aromatic heterocycles. The van der Waals surface area contributed by atoms with Crippen LogP contribution in [0.3, 0.4) is 0 Å². The number of halogens is 1. The highest BCUT2D eigenvalue weighted by Gasteiger charge is 2.22. The van der Waals surface area contributed by atoms with Crippen molar-refractivity contribution >= 4 is 38.9 Å². The molecule has 0 saturated carbocycles. The van der Waals surface area contributed by atoms with Crippen molar-refractivity contribution in [1.29, 1.82) is 0 Å². The summed E-state index contributed by atoms with van der Waals surface area (Å²) in [5.41, 5.74) is 0. The van der Waals surface area contributed by atoms with Gasteiger partial charge in [0, 0.05) is 20.0 Å². The van der Waals surface area contributed by atoms with Gasteiger partial charge in [-0.2, -0.15) is 0 Å². The van der Waals surface area contributed by atoms with E-state index < -0.39 is 10.0 Å². The van der Waals surface area contributed by atoms with Crippen LogP contribution in [0, 0.1) is 0 Å². The Kier molecular flexibility index (Phi) is 5.58. The Bertz CT molecular complexity index is 512. The Morgan fingerprint density at radius 2 is 2.17 bits per heavy atom. The van der Waals surface area contributed by atoms with Gasteiger partial charge in [0.15, 0.2) is 0 Å². The van der Waals surface area contributed by atoms with Crippen molar-refractivity contribution in [3.05, 3.63) is 16.5 Å². The molecule has 0 spiro atoms. The molecule has 0 fully saturated rings. The summed E-state index contributed by atoms with van der Waals surface area (Å²) in [5.74, 6) is -0.347. The molecule has 1 aromatic rings. The minimum Gasteiger partial charge on any atom is -0.469 e. The zero-order valence-corrected chi connectivity index (χ0v) is 12.4. The summed E-state index contributed by atoms with van der Waals surface area (Å²) in [6.45, 7) is 0.257. The Morgan fingerprint density at radius 3 is 2.67 bits per heavy atom. The second-order valence-corrected chi connectivity index (χ2v) is 7.55. The molecular weight excluding hydrogens is 298 g/mol. The van der Waals surface area contributed by atoms with Crippen molar-refractivity contribution in [2.24, 2.45) is 0 Å². The van der Waals surface area contributed by atoms with Crippen LogP contribution in [0.4, 0.5) is 0 Å². The standard InChI is InChI=1S/C10H14ClNO4S2/c1-12(7-3-4-9(13)16-2)18(14,15)10-6-5-8(11)17-10/h5-6H,3-4,7H2,1-2H3. The van der Waals surface area contributed by atoms with Crippen LogP contribution in [-0.2, 0) is 19.6 Å². The monoisotopic (exact) mass is 311 g/mol. The maximum absolute atomic E-state index is 12.1. The molecule has 0 atom stereocenters. The molecule has 0 saturated heterocycles. The SMILES string of the molecule is COC(=O)CCCN(C)S(=O)(=O)c1ccc(Cl)s1. The van der Waals surface area contributed by atoms with Crippen LogP contribution in [0.5, 0.6) is 0 Å². The number of sulfonamides is 1. The van der Waals surface area contributed by atoms with Crippen molar-refractivity contribution in [1.82, 2.24) is 4.31 Å². The van der Waals surface area contributed by atoms with E-state index in [4.69, 9.17) is 11.6 Å². The van der Waals surface area contributed by atoms with E-state index in [2.05, 4.69) is 4.74 Å². The molecule has 0 N–H and O–H groups in total. The van der Waals surface area contributed by atoms with Gasteiger partial charge in [-0.15, -0.1) is 11.3 Å². The molecule has 0 radical (unpaired) electrons. The molecule has 1 rings (SSSR count). The maximum Gasteiger partial charge on any atom is 0.305 e. The Balaban J connectivity index is 2.60. The lowest BCUT2D eigenvalue weighted by Gasteiger charge is -2.15. The molecule has 0 aliphatic carbocycles. The molecule has 0 aromatic carbocycles. The van der Waals surface area contributed by atoms with E-state index in [1.165, 1.54) is 24.5 Å². The van der Waals surface area contributed by atoms with E-state index in [-0.39, 0.29) is 23.1 Å². The first-order chi connectivity index (χ1) is 8.37. The second-order valence-electron chi connectivity index (χ2n) is 3.56. The molecule has 0 unspecified atom stereocenters. The fourth-order valence-electron chi connectivity index (χ4n) is 1.26. The number of nitrogens with zero attached hydrogens (tertiary/aromatic N) is 1. The smallest absolute Gasteiger partial charge is 0.305 e. The molecule has 5 nitrogen and oxygen atoms in total. The van der Waals surface area contributed by atoms with Crippen LogP contribution in [0.25, 0.3) is 0 Å². The predicted octanol–water partition coefficient (Wildman–Crippen LogP) is 1.98. The summed E-state index contributed by atoms with van der Waals surface area (Å²) >= 11 is 6.72. The third-order valence-electron chi connectivity index (χ3n) is 2.29. The summed E-state index contributed by atoms with van der Waals surface area (Å²) in [6, 6.07) is 3.01. The zero-order valence-electron chi connectivity index (χ0n) is 10.1. The highest BCUT2D eigenvalue weighted by atomic mass is 35.5. The number of hydrogen-bond donors (Lipinski definition) is 0. The zero-order chi connectivity index (χ0) is 13.8. The third kappa shape index (κ3) is 3.94. The number of ether oxygens (including phenoxy) is 1. The third-order valence-corrected chi connectivity index (χ3v) is 5.85. The van der Waals surface area contributed by atoms with E-state index >= 15 is 0 Å². The average molecular weight is 312 g/mol. The van der Waals surface area contributed by atoms with Crippen LogP contribution in [0.2, 0.25) is 4.34 Å². The molecule has 0 bridgehead atoms. The molecule has 0 aliphatic rings. The van der Waals surface area contributed by atoms with Crippen LogP contribution in [0.1, 0.15) is 12.8 Å². The van der Waals surface area contributed by atoms with Crippen molar-refractivity contribution in [3.8, 4) is 0 Å². The predicted molar refractivity (Wildman–Crippen MR) is 70.4 cm³/mol. The number of methoxy groups -OCH3 is 1. The molecular formula is C10H14ClNO4S2. The van der Waals surface area contributed by atoms with Crippen molar-refractivity contribution in [3.63, 3.8) is 0 Å². The van der Waals surface area contributed by atoms with Gasteiger partial charge >= 0.3 is 5.97 Å². The highest BCUT2D eigenvalue weighted by Crippen LogP contribution is 2.27. The van der Waals surface area contributed by atoms with Gasteiger partial charge < -0.3 is 4.74 Å². The van der Waals surface area contributed by atoms with Crippen molar-refractivity contribution in [2.45, 2.75) is 17.1 Å². The van der Waals surface area contributed by atoms with Gasteiger partial charge in [-0.05, 0) is 18.6 Å². The van der Waals surface area contributed by atoms with Gasteiger partial charge in [-0.3, -0.25) is 4.79 Å². The minimum atomic E-state index is -3.51. The lowest BCUT2D eigenvalue weighted by molar-refractivity contribution is -0.140. The van der Waals surface area contributed by atoms with Gasteiger partial charge in [-0.25, -0.2) is 12.7 Å². The number of hydrogen-bond acceptors (Lipinski definition) is 5. The van der Waals surface area contributed by atoms with Gasteiger partial charge in [0.25, 0.3) is 10.0 Å². The molecule has 0 amide bonds. The lowest BCUT2D eigenvalue weighted by atomic mass is 10.3. The molecule has 0 aliphatic heterocycles. The van der Waals surface area contributed by atoms with Crippen LogP contribution >= 0.6 is 22.9 Å². The number of esters is 1. The van der Waals surface area contributed by atoms with Gasteiger partial charge in [0.1, 0.15) is 4.21 Å². The largest absolute Gasteiger partial charge is 0.469 e. The summed E-state index contributed by atoms with van der Waals surface area (Å²) in [5, 5.41) is 0. The fraction of sp³-hybridized carbons (Fsp3) is 0.500. The lowest BCUT2D eigenvalue weighted by Crippen LogP contribution is -2.27.